The Morgan fingerprint density at radius 1 is 1.43 bits per heavy atom. The highest BCUT2D eigenvalue weighted by Crippen LogP contribution is 2.10. The van der Waals surface area contributed by atoms with Gasteiger partial charge < -0.3 is 10.1 Å². The maximum atomic E-state index is 10.3. The van der Waals surface area contributed by atoms with Gasteiger partial charge in [-0.2, -0.15) is 0 Å². The summed E-state index contributed by atoms with van der Waals surface area (Å²) in [5, 5.41) is 8.44. The van der Waals surface area contributed by atoms with Crippen LogP contribution in [-0.2, 0) is 4.79 Å². The summed E-state index contributed by atoms with van der Waals surface area (Å²) in [5.41, 5.74) is 1.66. The highest BCUT2D eigenvalue weighted by Gasteiger charge is 2.02. The molecular formula is C8H6N4O2. The number of fused-ring (bicyclic) bond motifs is 1. The molecule has 0 aliphatic heterocycles. The van der Waals surface area contributed by atoms with Gasteiger partial charge in [-0.05, 0) is 6.08 Å². The van der Waals surface area contributed by atoms with Crippen molar-refractivity contribution >= 4 is 23.2 Å². The minimum Gasteiger partial charge on any atom is -0.478 e. The van der Waals surface area contributed by atoms with Crippen LogP contribution in [0.25, 0.3) is 17.2 Å². The number of aromatic amines is 1. The zero-order valence-electron chi connectivity index (χ0n) is 7.01. The molecule has 0 saturated heterocycles. The normalized spacial score (nSPS) is 11.1. The molecule has 0 spiro atoms. The number of nitrogens with zero attached hydrogens (tertiary/aromatic N) is 3. The van der Waals surface area contributed by atoms with Crippen LogP contribution in [0.4, 0.5) is 0 Å². The molecule has 0 saturated carbocycles. The Morgan fingerprint density at radius 3 is 3.07 bits per heavy atom. The summed E-state index contributed by atoms with van der Waals surface area (Å²) in [4.78, 5) is 24.9. The third-order valence-corrected chi connectivity index (χ3v) is 1.64. The van der Waals surface area contributed by atoms with Crippen molar-refractivity contribution in [3.8, 4) is 0 Å². The predicted octanol–water partition coefficient (Wildman–Crippen LogP) is 0.451. The molecule has 0 fully saturated rings. The van der Waals surface area contributed by atoms with Crippen LogP contribution in [0.1, 0.15) is 5.69 Å². The highest BCUT2D eigenvalue weighted by atomic mass is 16.4. The molecule has 0 radical (unpaired) electrons. The molecule has 6 nitrogen and oxygen atoms in total. The van der Waals surface area contributed by atoms with E-state index in [0.29, 0.717) is 16.9 Å². The van der Waals surface area contributed by atoms with Gasteiger partial charge in [0.2, 0.25) is 0 Å². The van der Waals surface area contributed by atoms with E-state index in [1.807, 2.05) is 0 Å². The third kappa shape index (κ3) is 1.45. The summed E-state index contributed by atoms with van der Waals surface area (Å²) in [6.07, 6.45) is 5.23. The van der Waals surface area contributed by atoms with Gasteiger partial charge in [0.25, 0.3) is 0 Å². The molecule has 0 atom stereocenters. The zero-order chi connectivity index (χ0) is 9.97. The standard InChI is InChI=1S/C8H6N4O2/c13-6(14)2-1-5-7-8(11-3-9-5)12-4-10-7/h1-4H,(H,13,14)(H,9,10,11,12). The topological polar surface area (TPSA) is 91.8 Å². The Hall–Kier alpha value is -2.24. The first kappa shape index (κ1) is 8.36. The second-order valence-electron chi connectivity index (χ2n) is 2.53. The lowest BCUT2D eigenvalue weighted by Crippen LogP contribution is -1.89. The van der Waals surface area contributed by atoms with E-state index < -0.39 is 5.97 Å². The number of H-pyrrole nitrogens is 1. The molecule has 0 aliphatic carbocycles. The number of carbonyl (C=O) groups is 1. The average Bonchev–Trinajstić information content (AvgIpc) is 2.62. The maximum absolute atomic E-state index is 10.3. The van der Waals surface area contributed by atoms with Crippen LogP contribution in [0.2, 0.25) is 0 Å². The van der Waals surface area contributed by atoms with E-state index in [2.05, 4.69) is 19.9 Å². The quantitative estimate of drug-likeness (QED) is 0.671. The van der Waals surface area contributed by atoms with Crippen molar-refractivity contribution in [2.75, 3.05) is 0 Å². The Balaban J connectivity index is 2.51. The van der Waals surface area contributed by atoms with Crippen molar-refractivity contribution in [3.05, 3.63) is 24.4 Å². The summed E-state index contributed by atoms with van der Waals surface area (Å²) >= 11 is 0. The first-order valence-corrected chi connectivity index (χ1v) is 3.82. The molecule has 70 valence electrons. The van der Waals surface area contributed by atoms with Crippen molar-refractivity contribution in [1.29, 1.82) is 0 Å². The molecule has 2 aromatic rings. The van der Waals surface area contributed by atoms with E-state index in [1.165, 1.54) is 18.7 Å². The van der Waals surface area contributed by atoms with Crippen LogP contribution in [0, 0.1) is 0 Å². The Morgan fingerprint density at radius 2 is 2.29 bits per heavy atom. The smallest absolute Gasteiger partial charge is 0.328 e. The van der Waals surface area contributed by atoms with E-state index in [1.54, 1.807) is 0 Å². The number of hydrogen-bond donors (Lipinski definition) is 2. The van der Waals surface area contributed by atoms with Crippen molar-refractivity contribution in [2.24, 2.45) is 0 Å². The molecule has 0 aliphatic rings. The van der Waals surface area contributed by atoms with E-state index in [9.17, 15) is 4.79 Å². The molecule has 2 N–H and O–H groups in total. The largest absolute Gasteiger partial charge is 0.478 e. The number of rotatable bonds is 2. The lowest BCUT2D eigenvalue weighted by Gasteiger charge is -1.92. The predicted molar refractivity (Wildman–Crippen MR) is 48.4 cm³/mol. The number of carboxylic acids is 1. The monoisotopic (exact) mass is 190 g/mol. The molecule has 2 heterocycles. The average molecular weight is 190 g/mol. The Bertz CT molecular complexity index is 503. The second kappa shape index (κ2) is 3.25. The summed E-state index contributed by atoms with van der Waals surface area (Å²) < 4.78 is 0. The molecule has 14 heavy (non-hydrogen) atoms. The van der Waals surface area contributed by atoms with Gasteiger partial charge in [-0.15, -0.1) is 0 Å². The fraction of sp³-hybridized carbons (Fsp3) is 0. The molecule has 6 heteroatoms. The van der Waals surface area contributed by atoms with Crippen molar-refractivity contribution in [3.63, 3.8) is 0 Å². The third-order valence-electron chi connectivity index (χ3n) is 1.64. The number of imidazole rings is 1. The first-order chi connectivity index (χ1) is 6.77. The summed E-state index contributed by atoms with van der Waals surface area (Å²) in [7, 11) is 0. The lowest BCUT2D eigenvalue weighted by atomic mass is 10.3. The van der Waals surface area contributed by atoms with Gasteiger partial charge in [0.05, 0.1) is 12.0 Å². The summed E-state index contributed by atoms with van der Waals surface area (Å²) in [6.45, 7) is 0. The van der Waals surface area contributed by atoms with Crippen LogP contribution in [0.15, 0.2) is 18.7 Å². The summed E-state index contributed by atoms with van der Waals surface area (Å²) in [5.74, 6) is -1.02. The fourth-order valence-electron chi connectivity index (χ4n) is 1.06. The molecule has 0 bridgehead atoms. The zero-order valence-corrected chi connectivity index (χ0v) is 7.01. The highest BCUT2D eigenvalue weighted by molar-refractivity contribution is 5.88. The second-order valence-corrected chi connectivity index (χ2v) is 2.53. The Labute approximate surface area is 78.3 Å². The molecular weight excluding hydrogens is 184 g/mol. The van der Waals surface area contributed by atoms with Crippen LogP contribution in [-0.4, -0.2) is 31.0 Å². The van der Waals surface area contributed by atoms with E-state index in [0.717, 1.165) is 6.08 Å². The van der Waals surface area contributed by atoms with Gasteiger partial charge in [-0.3, -0.25) is 0 Å². The van der Waals surface area contributed by atoms with Crippen LogP contribution < -0.4 is 0 Å². The number of carboxylic acid groups (broad SMARTS) is 1. The Kier molecular flexibility index (Phi) is 1.94. The number of hydrogen-bond acceptors (Lipinski definition) is 4. The minimum absolute atomic E-state index is 0.509. The SMILES string of the molecule is O=C(O)C=Cc1ncnc2nc[nH]c12. The maximum Gasteiger partial charge on any atom is 0.328 e. The van der Waals surface area contributed by atoms with Crippen molar-refractivity contribution < 1.29 is 9.90 Å². The number of aliphatic carboxylic acids is 1. The fourth-order valence-corrected chi connectivity index (χ4v) is 1.06. The van der Waals surface area contributed by atoms with Crippen LogP contribution >= 0.6 is 0 Å². The number of aromatic nitrogens is 4. The van der Waals surface area contributed by atoms with Gasteiger partial charge in [-0.25, -0.2) is 19.7 Å². The van der Waals surface area contributed by atoms with Crippen LogP contribution in [0.3, 0.4) is 0 Å². The lowest BCUT2D eigenvalue weighted by molar-refractivity contribution is -0.131. The molecule has 0 amide bonds. The molecule has 0 unspecified atom stereocenters. The van der Waals surface area contributed by atoms with Crippen LogP contribution in [0.5, 0.6) is 0 Å². The van der Waals surface area contributed by atoms with Gasteiger partial charge >= 0.3 is 5.97 Å². The van der Waals surface area contributed by atoms with Gasteiger partial charge in [0, 0.05) is 6.08 Å². The number of nitrogens with one attached hydrogen (secondary N) is 1. The van der Waals surface area contributed by atoms with Gasteiger partial charge in [0.1, 0.15) is 11.8 Å². The first-order valence-electron chi connectivity index (χ1n) is 3.82. The summed E-state index contributed by atoms with van der Waals surface area (Å²) in [6, 6.07) is 0. The van der Waals surface area contributed by atoms with Crippen molar-refractivity contribution in [1.82, 2.24) is 19.9 Å². The van der Waals surface area contributed by atoms with Gasteiger partial charge in [-0.1, -0.05) is 0 Å². The minimum atomic E-state index is -1.02. The van der Waals surface area contributed by atoms with E-state index >= 15 is 0 Å². The van der Waals surface area contributed by atoms with E-state index in [-0.39, 0.29) is 0 Å². The molecule has 0 aromatic carbocycles. The van der Waals surface area contributed by atoms with Crippen molar-refractivity contribution in [2.45, 2.75) is 0 Å². The van der Waals surface area contributed by atoms with E-state index in [4.69, 9.17) is 5.11 Å². The van der Waals surface area contributed by atoms with Gasteiger partial charge in [0.15, 0.2) is 5.65 Å². The molecule has 2 rings (SSSR count). The molecule has 2 aromatic heterocycles.